The highest BCUT2D eigenvalue weighted by Crippen LogP contribution is 2.37. The zero-order valence-corrected chi connectivity index (χ0v) is 14.1. The second-order valence-electron chi connectivity index (χ2n) is 6.59. The molecule has 2 rings (SSSR count). The number of benzene rings is 1. The van der Waals surface area contributed by atoms with Crippen molar-refractivity contribution in [3.63, 3.8) is 0 Å². The van der Waals surface area contributed by atoms with Gasteiger partial charge >= 0.3 is 0 Å². The van der Waals surface area contributed by atoms with Crippen LogP contribution in [0.2, 0.25) is 0 Å². The third-order valence-corrected chi connectivity index (χ3v) is 4.58. The van der Waals surface area contributed by atoms with Crippen molar-refractivity contribution in [3.8, 4) is 0 Å². The molecule has 0 aliphatic heterocycles. The molecule has 3 heteroatoms. The van der Waals surface area contributed by atoms with E-state index in [1.165, 1.54) is 0 Å². The largest absolute Gasteiger partial charge is 0.300 e. The molecule has 1 saturated carbocycles. The van der Waals surface area contributed by atoms with Crippen molar-refractivity contribution in [3.05, 3.63) is 47.0 Å². The second kappa shape index (κ2) is 7.03. The summed E-state index contributed by atoms with van der Waals surface area (Å²) in [5, 5.41) is 0. The fourth-order valence-corrected chi connectivity index (χ4v) is 3.62. The number of hydrogen-bond donors (Lipinski definition) is 0. The first-order valence-electron chi connectivity index (χ1n) is 8.12. The topological polar surface area (TPSA) is 51.2 Å². The van der Waals surface area contributed by atoms with Crippen molar-refractivity contribution in [2.75, 3.05) is 0 Å². The molecule has 0 N–H and O–H groups in total. The third kappa shape index (κ3) is 3.66. The van der Waals surface area contributed by atoms with E-state index in [0.717, 1.165) is 22.3 Å². The first-order chi connectivity index (χ1) is 10.8. The van der Waals surface area contributed by atoms with Crippen LogP contribution in [0.1, 0.15) is 53.9 Å². The molecule has 0 radical (unpaired) electrons. The number of Topliss-reactive ketones (excluding diaryl/α,β-unsaturated/α-hetero) is 3. The average Bonchev–Trinajstić information content (AvgIpc) is 2.72. The summed E-state index contributed by atoms with van der Waals surface area (Å²) in [5.41, 5.74) is 3.92. The van der Waals surface area contributed by atoms with E-state index >= 15 is 0 Å². The van der Waals surface area contributed by atoms with Gasteiger partial charge in [0.1, 0.15) is 17.5 Å². The maximum atomic E-state index is 12.7. The van der Waals surface area contributed by atoms with Crippen LogP contribution in [0, 0.1) is 26.7 Å². The normalized spacial score (nSPS) is 20.8. The van der Waals surface area contributed by atoms with Crippen LogP contribution < -0.4 is 0 Å². The van der Waals surface area contributed by atoms with Gasteiger partial charge in [-0.2, -0.15) is 0 Å². The van der Waals surface area contributed by atoms with Crippen molar-refractivity contribution in [2.24, 2.45) is 5.92 Å². The Hall–Kier alpha value is -2.03. The number of ketones is 3. The average molecular weight is 312 g/mol. The number of allylic oxidation sites excluding steroid dienone is 1. The van der Waals surface area contributed by atoms with E-state index in [2.05, 4.69) is 6.58 Å². The second-order valence-corrected chi connectivity index (χ2v) is 6.59. The van der Waals surface area contributed by atoms with Crippen LogP contribution in [-0.2, 0) is 14.4 Å². The van der Waals surface area contributed by atoms with Crippen LogP contribution in [0.15, 0.2) is 24.8 Å². The maximum Gasteiger partial charge on any atom is 0.151 e. The minimum atomic E-state index is -0.687. The number of rotatable bonds is 6. The van der Waals surface area contributed by atoms with Gasteiger partial charge in [-0.25, -0.2) is 0 Å². The van der Waals surface area contributed by atoms with Gasteiger partial charge in [0.2, 0.25) is 0 Å². The monoisotopic (exact) mass is 312 g/mol. The summed E-state index contributed by atoms with van der Waals surface area (Å²) in [6.07, 6.45) is 3.08. The number of hydrogen-bond acceptors (Lipinski definition) is 3. The lowest BCUT2D eigenvalue weighted by molar-refractivity contribution is -0.127. The quantitative estimate of drug-likeness (QED) is 0.593. The van der Waals surface area contributed by atoms with Crippen LogP contribution in [-0.4, -0.2) is 17.3 Å². The molecule has 2 atom stereocenters. The zero-order valence-electron chi connectivity index (χ0n) is 14.1. The Kier molecular flexibility index (Phi) is 5.30. The fraction of sp³-hybridized carbons (Fsp3) is 0.450. The Morgan fingerprint density at radius 1 is 1.22 bits per heavy atom. The molecule has 23 heavy (non-hydrogen) atoms. The van der Waals surface area contributed by atoms with E-state index in [0.29, 0.717) is 12.8 Å². The summed E-state index contributed by atoms with van der Waals surface area (Å²) in [5.74, 6) is -1.24. The number of carbonyl (C=O) groups is 3. The smallest absolute Gasteiger partial charge is 0.151 e. The Morgan fingerprint density at radius 3 is 2.39 bits per heavy atom. The highest BCUT2D eigenvalue weighted by molar-refractivity contribution is 6.15. The first-order valence-corrected chi connectivity index (χ1v) is 8.12. The summed E-state index contributed by atoms with van der Waals surface area (Å²) >= 11 is 0. The Morgan fingerprint density at radius 2 is 1.83 bits per heavy atom. The Balaban J connectivity index is 2.22. The SMILES string of the molecule is C=CCCC(=O)CC1CC(=O)C(c2c(C)cc(C)cc2C)C1=O. The Bertz CT molecular complexity index is 646. The molecular weight excluding hydrogens is 288 g/mol. The van der Waals surface area contributed by atoms with Crippen molar-refractivity contribution in [1.29, 1.82) is 0 Å². The van der Waals surface area contributed by atoms with Crippen molar-refractivity contribution >= 4 is 17.3 Å². The van der Waals surface area contributed by atoms with E-state index in [9.17, 15) is 14.4 Å². The van der Waals surface area contributed by atoms with Crippen LogP contribution in [0.5, 0.6) is 0 Å². The molecule has 0 heterocycles. The Labute approximate surface area is 137 Å². The van der Waals surface area contributed by atoms with Gasteiger partial charge in [-0.15, -0.1) is 6.58 Å². The van der Waals surface area contributed by atoms with Gasteiger partial charge < -0.3 is 0 Å². The van der Waals surface area contributed by atoms with Gasteiger partial charge in [-0.3, -0.25) is 14.4 Å². The molecule has 0 saturated heterocycles. The van der Waals surface area contributed by atoms with Crippen LogP contribution in [0.3, 0.4) is 0 Å². The molecule has 1 aromatic carbocycles. The van der Waals surface area contributed by atoms with E-state index in [1.54, 1.807) is 6.08 Å². The van der Waals surface area contributed by atoms with Crippen LogP contribution >= 0.6 is 0 Å². The molecule has 0 bridgehead atoms. The number of carbonyl (C=O) groups excluding carboxylic acids is 3. The number of aryl methyl sites for hydroxylation is 3. The third-order valence-electron chi connectivity index (χ3n) is 4.58. The van der Waals surface area contributed by atoms with Gasteiger partial charge in [-0.05, 0) is 43.9 Å². The molecule has 1 fully saturated rings. The summed E-state index contributed by atoms with van der Waals surface area (Å²) in [7, 11) is 0. The van der Waals surface area contributed by atoms with Crippen molar-refractivity contribution in [2.45, 2.75) is 52.4 Å². The van der Waals surface area contributed by atoms with Gasteiger partial charge in [0, 0.05) is 25.2 Å². The van der Waals surface area contributed by atoms with E-state index in [4.69, 9.17) is 0 Å². The highest BCUT2D eigenvalue weighted by Gasteiger charge is 2.43. The predicted molar refractivity (Wildman–Crippen MR) is 90.6 cm³/mol. The molecule has 0 amide bonds. The molecule has 122 valence electrons. The summed E-state index contributed by atoms with van der Waals surface area (Å²) in [6.45, 7) is 9.49. The molecule has 1 aliphatic rings. The molecule has 2 unspecified atom stereocenters. The zero-order chi connectivity index (χ0) is 17.1. The van der Waals surface area contributed by atoms with Gasteiger partial charge in [0.15, 0.2) is 5.78 Å². The van der Waals surface area contributed by atoms with E-state index in [-0.39, 0.29) is 30.2 Å². The summed E-state index contributed by atoms with van der Waals surface area (Å²) < 4.78 is 0. The van der Waals surface area contributed by atoms with Gasteiger partial charge in [0.05, 0.1) is 0 Å². The molecule has 3 nitrogen and oxygen atoms in total. The van der Waals surface area contributed by atoms with Gasteiger partial charge in [0.25, 0.3) is 0 Å². The summed E-state index contributed by atoms with van der Waals surface area (Å²) in [6, 6.07) is 4.01. The fourth-order valence-electron chi connectivity index (χ4n) is 3.62. The molecule has 1 aromatic rings. The van der Waals surface area contributed by atoms with Crippen LogP contribution in [0.4, 0.5) is 0 Å². The molecule has 0 aromatic heterocycles. The van der Waals surface area contributed by atoms with Gasteiger partial charge in [-0.1, -0.05) is 23.8 Å². The van der Waals surface area contributed by atoms with E-state index in [1.807, 2.05) is 32.9 Å². The van der Waals surface area contributed by atoms with Crippen molar-refractivity contribution in [1.82, 2.24) is 0 Å². The molecular formula is C20H24O3. The molecule has 0 spiro atoms. The predicted octanol–water partition coefficient (Wildman–Crippen LogP) is 3.78. The summed E-state index contributed by atoms with van der Waals surface area (Å²) in [4.78, 5) is 37.1. The first kappa shape index (κ1) is 17.3. The standard InChI is InChI=1S/C20H24O3/c1-5-6-7-16(21)10-15-11-17(22)19(20(15)23)18-13(3)8-12(2)9-14(18)4/h5,8-9,15,19H,1,6-7,10-11H2,2-4H3. The maximum absolute atomic E-state index is 12.7. The molecule has 1 aliphatic carbocycles. The van der Waals surface area contributed by atoms with E-state index < -0.39 is 11.8 Å². The highest BCUT2D eigenvalue weighted by atomic mass is 16.2. The van der Waals surface area contributed by atoms with Crippen LogP contribution in [0.25, 0.3) is 0 Å². The lowest BCUT2D eigenvalue weighted by Crippen LogP contribution is -2.19. The minimum Gasteiger partial charge on any atom is -0.300 e. The lowest BCUT2D eigenvalue weighted by atomic mass is 9.86. The van der Waals surface area contributed by atoms with Crippen molar-refractivity contribution < 1.29 is 14.4 Å². The minimum absolute atomic E-state index is 0.0362. The lowest BCUT2D eigenvalue weighted by Gasteiger charge is -2.16.